The van der Waals surface area contributed by atoms with Crippen LogP contribution in [0.3, 0.4) is 0 Å². The van der Waals surface area contributed by atoms with Crippen molar-refractivity contribution in [1.29, 1.82) is 0 Å². The van der Waals surface area contributed by atoms with Crippen molar-refractivity contribution in [2.75, 3.05) is 0 Å². The third-order valence-electron chi connectivity index (χ3n) is 5.72. The Hall–Kier alpha value is -1.06. The summed E-state index contributed by atoms with van der Waals surface area (Å²) in [6.45, 7) is 4.21. The van der Waals surface area contributed by atoms with E-state index in [1.54, 1.807) is 4.90 Å². The number of aliphatic carboxylic acids is 1. The summed E-state index contributed by atoms with van der Waals surface area (Å²) >= 11 is 0. The lowest BCUT2D eigenvalue weighted by atomic mass is 9.76. The summed E-state index contributed by atoms with van der Waals surface area (Å²) < 4.78 is 0. The Morgan fingerprint density at radius 2 is 1.75 bits per heavy atom. The number of carbonyl (C=O) groups is 2. The molecule has 1 N–H and O–H groups in total. The summed E-state index contributed by atoms with van der Waals surface area (Å²) in [7, 11) is 0. The van der Waals surface area contributed by atoms with Crippen molar-refractivity contribution in [2.24, 2.45) is 17.3 Å². The number of carbonyl (C=O) groups excluding carboxylic acids is 1. The average Bonchev–Trinajstić information content (AvgIpc) is 3.05. The molecule has 112 valence electrons. The number of amides is 1. The number of nitrogens with zero attached hydrogens (tertiary/aromatic N) is 1. The number of hydrogen-bond acceptors (Lipinski definition) is 2. The second kappa shape index (κ2) is 4.74. The molecule has 0 radical (unpaired) electrons. The Labute approximate surface area is 120 Å². The molecule has 4 atom stereocenters. The van der Waals surface area contributed by atoms with Crippen LogP contribution in [-0.2, 0) is 9.59 Å². The van der Waals surface area contributed by atoms with E-state index in [4.69, 9.17) is 0 Å². The van der Waals surface area contributed by atoms with Crippen LogP contribution >= 0.6 is 0 Å². The van der Waals surface area contributed by atoms with Gasteiger partial charge in [0, 0.05) is 12.0 Å². The third kappa shape index (κ3) is 2.23. The lowest BCUT2D eigenvalue weighted by molar-refractivity contribution is -0.159. The third-order valence-corrected chi connectivity index (χ3v) is 5.72. The normalized spacial score (nSPS) is 39.0. The fourth-order valence-corrected chi connectivity index (χ4v) is 4.26. The molecule has 4 unspecified atom stereocenters. The van der Waals surface area contributed by atoms with E-state index in [0.717, 1.165) is 32.1 Å². The summed E-state index contributed by atoms with van der Waals surface area (Å²) in [5.74, 6) is -0.130. The zero-order valence-electron chi connectivity index (χ0n) is 12.5. The first-order valence-corrected chi connectivity index (χ1v) is 7.97. The molecule has 3 fully saturated rings. The highest BCUT2D eigenvalue weighted by Crippen LogP contribution is 2.54. The van der Waals surface area contributed by atoms with Crippen LogP contribution in [0.5, 0.6) is 0 Å². The maximum absolute atomic E-state index is 12.8. The summed E-state index contributed by atoms with van der Waals surface area (Å²) in [5, 5.41) is 9.49. The van der Waals surface area contributed by atoms with Crippen molar-refractivity contribution in [2.45, 2.75) is 70.9 Å². The molecule has 1 heterocycles. The number of hydrogen-bond donors (Lipinski definition) is 1. The van der Waals surface area contributed by atoms with Gasteiger partial charge in [0.05, 0.1) is 0 Å². The Bertz CT molecular complexity index is 431. The highest BCUT2D eigenvalue weighted by molar-refractivity contribution is 5.88. The van der Waals surface area contributed by atoms with E-state index in [0.29, 0.717) is 12.3 Å². The molecule has 2 aliphatic carbocycles. The Balaban J connectivity index is 1.84. The summed E-state index contributed by atoms with van der Waals surface area (Å²) in [4.78, 5) is 26.1. The number of rotatable bonds is 2. The van der Waals surface area contributed by atoms with Crippen molar-refractivity contribution in [3.63, 3.8) is 0 Å². The quantitative estimate of drug-likeness (QED) is 0.845. The number of carboxylic acid groups (broad SMARTS) is 1. The molecule has 4 heteroatoms. The van der Waals surface area contributed by atoms with Gasteiger partial charge in [-0.1, -0.05) is 26.7 Å². The predicted octanol–water partition coefficient (Wildman–Crippen LogP) is 2.67. The SMILES string of the molecule is CC1(C)CC1C(=O)N1C(C(=O)O)CCC2CCCCC21. The maximum atomic E-state index is 12.8. The van der Waals surface area contributed by atoms with E-state index < -0.39 is 12.0 Å². The molecule has 3 rings (SSSR count). The molecule has 0 bridgehead atoms. The molecule has 0 aromatic heterocycles. The van der Waals surface area contributed by atoms with Crippen molar-refractivity contribution >= 4 is 11.9 Å². The van der Waals surface area contributed by atoms with Crippen molar-refractivity contribution in [3.8, 4) is 0 Å². The molecular weight excluding hydrogens is 254 g/mol. The van der Waals surface area contributed by atoms with Crippen LogP contribution in [0.15, 0.2) is 0 Å². The van der Waals surface area contributed by atoms with Crippen LogP contribution < -0.4 is 0 Å². The van der Waals surface area contributed by atoms with Gasteiger partial charge in [0.1, 0.15) is 6.04 Å². The molecule has 3 aliphatic rings. The van der Waals surface area contributed by atoms with Crippen LogP contribution in [0.1, 0.15) is 58.8 Å². The second-order valence-electron chi connectivity index (χ2n) is 7.53. The van der Waals surface area contributed by atoms with E-state index in [1.165, 1.54) is 6.42 Å². The van der Waals surface area contributed by atoms with Gasteiger partial charge in [0.15, 0.2) is 0 Å². The molecule has 2 saturated carbocycles. The van der Waals surface area contributed by atoms with E-state index in [-0.39, 0.29) is 23.3 Å². The standard InChI is InChI=1S/C16H25NO3/c1-16(2)9-11(16)14(18)17-12-6-4-3-5-10(12)7-8-13(17)15(19)20/h10-13H,3-9H2,1-2H3,(H,19,20). The first kappa shape index (κ1) is 13.9. The van der Waals surface area contributed by atoms with Gasteiger partial charge >= 0.3 is 5.97 Å². The van der Waals surface area contributed by atoms with Gasteiger partial charge in [-0.15, -0.1) is 0 Å². The maximum Gasteiger partial charge on any atom is 0.326 e. The predicted molar refractivity (Wildman–Crippen MR) is 75.1 cm³/mol. The number of likely N-dealkylation sites (tertiary alicyclic amines) is 1. The van der Waals surface area contributed by atoms with Crippen molar-refractivity contribution in [3.05, 3.63) is 0 Å². The zero-order chi connectivity index (χ0) is 14.5. The minimum absolute atomic E-state index is 0.0463. The average molecular weight is 279 g/mol. The van der Waals surface area contributed by atoms with Crippen LogP contribution in [0.2, 0.25) is 0 Å². The molecule has 0 aromatic carbocycles. The fourth-order valence-electron chi connectivity index (χ4n) is 4.26. The van der Waals surface area contributed by atoms with Crippen molar-refractivity contribution < 1.29 is 14.7 Å². The minimum Gasteiger partial charge on any atom is -0.480 e. The van der Waals surface area contributed by atoms with E-state index >= 15 is 0 Å². The Morgan fingerprint density at radius 1 is 1.10 bits per heavy atom. The molecule has 1 saturated heterocycles. The van der Waals surface area contributed by atoms with Gasteiger partial charge in [0.25, 0.3) is 0 Å². The topological polar surface area (TPSA) is 57.6 Å². The lowest BCUT2D eigenvalue weighted by Gasteiger charge is -2.47. The van der Waals surface area contributed by atoms with Gasteiger partial charge in [-0.2, -0.15) is 0 Å². The summed E-state index contributed by atoms with van der Waals surface area (Å²) in [6, 6.07) is -0.402. The highest BCUT2D eigenvalue weighted by atomic mass is 16.4. The van der Waals surface area contributed by atoms with Gasteiger partial charge in [-0.3, -0.25) is 4.79 Å². The van der Waals surface area contributed by atoms with Gasteiger partial charge in [-0.05, 0) is 43.4 Å². The number of piperidine rings is 1. The van der Waals surface area contributed by atoms with Crippen LogP contribution in [0.4, 0.5) is 0 Å². The van der Waals surface area contributed by atoms with Gasteiger partial charge in [-0.25, -0.2) is 4.79 Å². The van der Waals surface area contributed by atoms with E-state index in [1.807, 2.05) is 0 Å². The highest BCUT2D eigenvalue weighted by Gasteiger charge is 2.55. The largest absolute Gasteiger partial charge is 0.480 e. The molecular formula is C16H25NO3. The van der Waals surface area contributed by atoms with Crippen LogP contribution in [-0.4, -0.2) is 34.0 Å². The molecule has 0 spiro atoms. The van der Waals surface area contributed by atoms with E-state index in [2.05, 4.69) is 13.8 Å². The fraction of sp³-hybridized carbons (Fsp3) is 0.875. The molecule has 4 nitrogen and oxygen atoms in total. The monoisotopic (exact) mass is 279 g/mol. The second-order valence-corrected chi connectivity index (χ2v) is 7.53. The summed E-state index contributed by atoms with van der Waals surface area (Å²) in [5.41, 5.74) is 0.0712. The molecule has 1 amide bonds. The van der Waals surface area contributed by atoms with Gasteiger partial charge in [0.2, 0.25) is 5.91 Å². The first-order valence-electron chi connectivity index (χ1n) is 7.97. The van der Waals surface area contributed by atoms with Crippen molar-refractivity contribution in [1.82, 2.24) is 4.90 Å². The Kier molecular flexibility index (Phi) is 3.30. The minimum atomic E-state index is -0.819. The number of fused-ring (bicyclic) bond motifs is 1. The zero-order valence-corrected chi connectivity index (χ0v) is 12.5. The van der Waals surface area contributed by atoms with E-state index in [9.17, 15) is 14.7 Å². The van der Waals surface area contributed by atoms with Crippen LogP contribution in [0.25, 0.3) is 0 Å². The Morgan fingerprint density at radius 3 is 2.35 bits per heavy atom. The summed E-state index contributed by atoms with van der Waals surface area (Å²) in [6.07, 6.45) is 7.03. The first-order chi connectivity index (χ1) is 9.42. The van der Waals surface area contributed by atoms with Crippen LogP contribution in [0, 0.1) is 17.3 Å². The molecule has 1 aliphatic heterocycles. The molecule has 20 heavy (non-hydrogen) atoms. The number of carboxylic acids is 1. The van der Waals surface area contributed by atoms with Gasteiger partial charge < -0.3 is 10.0 Å². The lowest BCUT2D eigenvalue weighted by Crippen LogP contribution is -2.58. The molecule has 0 aromatic rings. The smallest absolute Gasteiger partial charge is 0.326 e.